The lowest BCUT2D eigenvalue weighted by Crippen LogP contribution is -2.10. The summed E-state index contributed by atoms with van der Waals surface area (Å²) in [7, 11) is 0.248. The summed E-state index contributed by atoms with van der Waals surface area (Å²) in [5, 5.41) is 8.33. The number of hydrogen-bond donors (Lipinski definition) is 1. The molecule has 1 heterocycles. The van der Waals surface area contributed by atoms with E-state index in [0.29, 0.717) is 5.76 Å². The van der Waals surface area contributed by atoms with E-state index in [4.69, 9.17) is 14.4 Å². The molecule has 1 unspecified atom stereocenters. The number of ether oxygens (including phenoxy) is 1. The van der Waals surface area contributed by atoms with Gasteiger partial charge >= 0.3 is 11.9 Å². The maximum Gasteiger partial charge on any atom is 0.306 e. The van der Waals surface area contributed by atoms with E-state index in [0.717, 1.165) is 0 Å². The summed E-state index contributed by atoms with van der Waals surface area (Å²) in [5.74, 6) is 0.902. The van der Waals surface area contributed by atoms with Crippen LogP contribution in [0.25, 0.3) is 0 Å². The van der Waals surface area contributed by atoms with Gasteiger partial charge in [-0.2, -0.15) is 0 Å². The Morgan fingerprint density at radius 3 is 2.87 bits per heavy atom. The molecule has 0 bridgehead atoms. The molecule has 82 valence electrons. The van der Waals surface area contributed by atoms with Crippen LogP contribution in [0.15, 0.2) is 23.7 Å². The molecule has 0 aromatic rings. The van der Waals surface area contributed by atoms with Gasteiger partial charge in [-0.3, -0.25) is 9.59 Å². The molecule has 1 atom stereocenters. The highest BCUT2D eigenvalue weighted by atomic mass is 31.1. The Morgan fingerprint density at radius 1 is 1.47 bits per heavy atom. The first-order valence-corrected chi connectivity index (χ1v) is 5.32. The number of carboxylic acid groups (broad SMARTS) is 1. The van der Waals surface area contributed by atoms with Gasteiger partial charge in [-0.05, 0) is 11.9 Å². The largest absolute Gasteiger partial charge is 0.481 e. The first-order chi connectivity index (χ1) is 7.18. The maximum absolute atomic E-state index is 11.0. The summed E-state index contributed by atoms with van der Waals surface area (Å²) < 4.78 is 9.97. The van der Waals surface area contributed by atoms with E-state index in [9.17, 15) is 9.59 Å². The Kier molecular flexibility index (Phi) is 4.84. The van der Waals surface area contributed by atoms with Gasteiger partial charge in [0, 0.05) is 0 Å². The van der Waals surface area contributed by atoms with Gasteiger partial charge < -0.3 is 14.4 Å². The fourth-order valence-corrected chi connectivity index (χ4v) is 1.37. The summed E-state index contributed by atoms with van der Waals surface area (Å²) in [4.78, 5) is 21.2. The van der Waals surface area contributed by atoms with Crippen molar-refractivity contribution in [2.45, 2.75) is 12.8 Å². The van der Waals surface area contributed by atoms with Crippen molar-refractivity contribution in [1.82, 2.24) is 0 Å². The van der Waals surface area contributed by atoms with E-state index in [-0.39, 0.29) is 28.3 Å². The highest BCUT2D eigenvalue weighted by molar-refractivity contribution is 7.36. The molecule has 0 fully saturated rings. The summed E-state index contributed by atoms with van der Waals surface area (Å²) >= 11 is 0. The second-order valence-corrected chi connectivity index (χ2v) is 3.54. The molecular formula is C9H11O5P. The molecule has 0 aliphatic carbocycles. The van der Waals surface area contributed by atoms with Gasteiger partial charge in [0.05, 0.1) is 21.6 Å². The zero-order chi connectivity index (χ0) is 11.1. The van der Waals surface area contributed by atoms with Crippen LogP contribution >= 0.6 is 8.81 Å². The van der Waals surface area contributed by atoms with Gasteiger partial charge in [-0.15, -0.1) is 0 Å². The molecule has 0 amide bonds. The smallest absolute Gasteiger partial charge is 0.306 e. The van der Waals surface area contributed by atoms with Crippen LogP contribution in [0.3, 0.4) is 0 Å². The zero-order valence-electron chi connectivity index (χ0n) is 7.93. The van der Waals surface area contributed by atoms with Crippen molar-refractivity contribution in [3.63, 3.8) is 0 Å². The number of aliphatic carboxylic acids is 1. The molecule has 0 spiro atoms. The molecule has 1 aliphatic rings. The third-order valence-electron chi connectivity index (χ3n) is 1.55. The van der Waals surface area contributed by atoms with Crippen molar-refractivity contribution >= 4 is 20.7 Å². The summed E-state index contributed by atoms with van der Waals surface area (Å²) in [6, 6.07) is 0. The summed E-state index contributed by atoms with van der Waals surface area (Å²) in [6.07, 6.45) is 3.21. The minimum Gasteiger partial charge on any atom is -0.481 e. The van der Waals surface area contributed by atoms with Crippen molar-refractivity contribution in [2.75, 3.05) is 6.61 Å². The van der Waals surface area contributed by atoms with Gasteiger partial charge in [-0.25, -0.2) is 0 Å². The number of carboxylic acids is 1. The molecule has 0 aromatic heterocycles. The van der Waals surface area contributed by atoms with Crippen molar-refractivity contribution in [2.24, 2.45) is 0 Å². The van der Waals surface area contributed by atoms with Crippen molar-refractivity contribution in [1.29, 1.82) is 0 Å². The van der Waals surface area contributed by atoms with Crippen molar-refractivity contribution in [3.05, 3.63) is 23.7 Å². The van der Waals surface area contributed by atoms with E-state index < -0.39 is 11.9 Å². The molecule has 6 heteroatoms. The number of esters is 1. The third kappa shape index (κ3) is 5.18. The fourth-order valence-electron chi connectivity index (χ4n) is 0.849. The zero-order valence-corrected chi connectivity index (χ0v) is 8.93. The Morgan fingerprint density at radius 2 is 2.27 bits per heavy atom. The standard InChI is InChI=1S/C9H11O5P/c10-8(11)3-4-9(12)13-6-7-2-1-5-15-14-7/h1-2,5,15H,3-4,6H2,(H,10,11). The fraction of sp³-hybridized carbons (Fsp3) is 0.333. The topological polar surface area (TPSA) is 72.8 Å². The number of hydrogen-bond acceptors (Lipinski definition) is 4. The molecule has 0 saturated heterocycles. The first-order valence-electron chi connectivity index (χ1n) is 4.34. The lowest BCUT2D eigenvalue weighted by molar-refractivity contribution is -0.147. The minimum absolute atomic E-state index is 0.0653. The van der Waals surface area contributed by atoms with E-state index >= 15 is 0 Å². The van der Waals surface area contributed by atoms with Crippen molar-refractivity contribution in [3.8, 4) is 0 Å². The van der Waals surface area contributed by atoms with Crippen LogP contribution in [0.4, 0.5) is 0 Å². The van der Waals surface area contributed by atoms with E-state index in [1.807, 2.05) is 11.9 Å². The first kappa shape index (κ1) is 11.7. The van der Waals surface area contributed by atoms with Gasteiger partial charge in [-0.1, -0.05) is 6.08 Å². The average molecular weight is 230 g/mol. The van der Waals surface area contributed by atoms with E-state index in [1.165, 1.54) is 0 Å². The van der Waals surface area contributed by atoms with Crippen LogP contribution in [-0.2, 0) is 18.8 Å². The van der Waals surface area contributed by atoms with Gasteiger partial charge in [0.15, 0.2) is 0 Å². The van der Waals surface area contributed by atoms with Crippen LogP contribution in [0.1, 0.15) is 12.8 Å². The summed E-state index contributed by atoms with van der Waals surface area (Å²) in [6.45, 7) is 0.0653. The van der Waals surface area contributed by atoms with Crippen LogP contribution in [0, 0.1) is 0 Å². The lowest BCUT2D eigenvalue weighted by Gasteiger charge is -2.10. The predicted octanol–water partition coefficient (Wildman–Crippen LogP) is 1.42. The molecule has 0 radical (unpaired) electrons. The highest BCUT2D eigenvalue weighted by Crippen LogP contribution is 2.23. The molecule has 15 heavy (non-hydrogen) atoms. The number of rotatable bonds is 5. The number of allylic oxidation sites excluding steroid dienone is 2. The Bertz CT molecular complexity index is 308. The van der Waals surface area contributed by atoms with Crippen LogP contribution < -0.4 is 0 Å². The number of carbonyl (C=O) groups excluding carboxylic acids is 1. The van der Waals surface area contributed by atoms with Crippen molar-refractivity contribution < 1.29 is 24.0 Å². The monoisotopic (exact) mass is 230 g/mol. The second-order valence-electron chi connectivity index (χ2n) is 2.77. The molecule has 5 nitrogen and oxygen atoms in total. The van der Waals surface area contributed by atoms with Crippen LogP contribution in [0.5, 0.6) is 0 Å². The minimum atomic E-state index is -1.01. The number of carbonyl (C=O) groups is 2. The Balaban J connectivity index is 2.19. The third-order valence-corrected chi connectivity index (χ3v) is 2.26. The van der Waals surface area contributed by atoms with Gasteiger partial charge in [0.1, 0.15) is 12.4 Å². The SMILES string of the molecule is O=C(O)CCC(=O)OCC1=CC=CPO1. The molecule has 1 aliphatic heterocycles. The molecule has 1 N–H and O–H groups in total. The molecular weight excluding hydrogens is 219 g/mol. The lowest BCUT2D eigenvalue weighted by atomic mass is 10.3. The normalized spacial score (nSPS) is 15.6. The molecule has 1 rings (SSSR count). The van der Waals surface area contributed by atoms with E-state index in [2.05, 4.69) is 0 Å². The Labute approximate surface area is 88.6 Å². The van der Waals surface area contributed by atoms with Gasteiger partial charge in [0.2, 0.25) is 0 Å². The second kappa shape index (κ2) is 6.19. The van der Waals surface area contributed by atoms with Crippen LogP contribution in [-0.4, -0.2) is 23.7 Å². The molecule has 0 saturated carbocycles. The predicted molar refractivity (Wildman–Crippen MR) is 54.5 cm³/mol. The summed E-state index contributed by atoms with van der Waals surface area (Å²) in [5.41, 5.74) is 0. The van der Waals surface area contributed by atoms with Crippen LogP contribution in [0.2, 0.25) is 0 Å². The maximum atomic E-state index is 11.0. The average Bonchev–Trinajstić information content (AvgIpc) is 2.25. The Hall–Kier alpha value is -1.35. The molecule has 0 aromatic carbocycles. The highest BCUT2D eigenvalue weighted by Gasteiger charge is 2.08. The van der Waals surface area contributed by atoms with E-state index in [1.54, 1.807) is 6.08 Å². The van der Waals surface area contributed by atoms with Gasteiger partial charge in [0.25, 0.3) is 0 Å². The quantitative estimate of drug-likeness (QED) is 0.571.